The molecule has 1 N–H and O–H groups in total. The van der Waals surface area contributed by atoms with Crippen molar-refractivity contribution in [2.75, 3.05) is 18.5 Å². The number of fused-ring (bicyclic) bond motifs is 1. The van der Waals surface area contributed by atoms with Crippen molar-refractivity contribution < 1.29 is 14.3 Å². The lowest BCUT2D eigenvalue weighted by Gasteiger charge is -2.11. The molecule has 0 heterocycles. The summed E-state index contributed by atoms with van der Waals surface area (Å²) in [7, 11) is 0. The standard InChI is InChI=1S/C21H25NO3/c1-2-24-19-9-3-4-10-20(19)25-14-6-11-21(23)22-18-13-12-16-7-5-8-17(16)15-18/h3-4,9-10,12-13,15H,2,5-8,11,14H2,1H3,(H,22,23). The Bertz CT molecular complexity index is 727. The Balaban J connectivity index is 1.42. The first kappa shape index (κ1) is 17.3. The number of nitrogens with one attached hydrogen (secondary N) is 1. The van der Waals surface area contributed by atoms with Crippen molar-refractivity contribution in [2.45, 2.75) is 39.0 Å². The highest BCUT2D eigenvalue weighted by Crippen LogP contribution is 2.27. The van der Waals surface area contributed by atoms with Crippen molar-refractivity contribution in [3.8, 4) is 11.5 Å². The minimum Gasteiger partial charge on any atom is -0.490 e. The molecule has 0 aromatic heterocycles. The van der Waals surface area contributed by atoms with E-state index in [0.717, 1.165) is 30.0 Å². The first-order valence-corrected chi connectivity index (χ1v) is 9.02. The summed E-state index contributed by atoms with van der Waals surface area (Å²) in [6, 6.07) is 13.8. The average molecular weight is 339 g/mol. The number of carbonyl (C=O) groups is 1. The number of aryl methyl sites for hydroxylation is 2. The van der Waals surface area contributed by atoms with Gasteiger partial charge in [0.2, 0.25) is 5.91 Å². The van der Waals surface area contributed by atoms with E-state index in [1.54, 1.807) is 0 Å². The normalized spacial score (nSPS) is 12.5. The SMILES string of the molecule is CCOc1ccccc1OCCCC(=O)Nc1ccc2c(c1)CCC2. The molecule has 0 unspecified atom stereocenters. The predicted octanol–water partition coefficient (Wildman–Crippen LogP) is 4.37. The van der Waals surface area contributed by atoms with Crippen LogP contribution < -0.4 is 14.8 Å². The fourth-order valence-corrected chi connectivity index (χ4v) is 3.13. The van der Waals surface area contributed by atoms with Crippen LogP contribution in [0.25, 0.3) is 0 Å². The lowest BCUT2D eigenvalue weighted by Crippen LogP contribution is -2.13. The smallest absolute Gasteiger partial charge is 0.224 e. The molecule has 1 aliphatic rings. The molecular formula is C21H25NO3. The summed E-state index contributed by atoms with van der Waals surface area (Å²) in [5, 5.41) is 2.98. The summed E-state index contributed by atoms with van der Waals surface area (Å²) in [5.41, 5.74) is 3.68. The molecule has 0 aliphatic heterocycles. The molecular weight excluding hydrogens is 314 g/mol. The molecule has 4 heteroatoms. The maximum absolute atomic E-state index is 12.1. The number of hydrogen-bond acceptors (Lipinski definition) is 3. The number of ether oxygens (including phenoxy) is 2. The van der Waals surface area contributed by atoms with Crippen LogP contribution in [0, 0.1) is 0 Å². The summed E-state index contributed by atoms with van der Waals surface area (Å²) in [5.74, 6) is 1.50. The average Bonchev–Trinajstić information content (AvgIpc) is 3.08. The number of hydrogen-bond donors (Lipinski definition) is 1. The van der Waals surface area contributed by atoms with Gasteiger partial charge < -0.3 is 14.8 Å². The van der Waals surface area contributed by atoms with E-state index in [4.69, 9.17) is 9.47 Å². The molecule has 132 valence electrons. The van der Waals surface area contributed by atoms with Crippen molar-refractivity contribution in [1.82, 2.24) is 0 Å². The van der Waals surface area contributed by atoms with E-state index in [2.05, 4.69) is 17.4 Å². The first-order valence-electron chi connectivity index (χ1n) is 9.02. The second-order valence-electron chi connectivity index (χ2n) is 6.22. The quantitative estimate of drug-likeness (QED) is 0.726. The maximum Gasteiger partial charge on any atom is 0.224 e. The van der Waals surface area contributed by atoms with Crippen molar-refractivity contribution in [1.29, 1.82) is 0 Å². The number of benzene rings is 2. The van der Waals surface area contributed by atoms with Gasteiger partial charge in [-0.05, 0) is 68.0 Å². The summed E-state index contributed by atoms with van der Waals surface area (Å²) < 4.78 is 11.3. The zero-order valence-corrected chi connectivity index (χ0v) is 14.7. The largest absolute Gasteiger partial charge is 0.490 e. The van der Waals surface area contributed by atoms with E-state index < -0.39 is 0 Å². The molecule has 0 bridgehead atoms. The highest BCUT2D eigenvalue weighted by atomic mass is 16.5. The molecule has 4 nitrogen and oxygen atoms in total. The molecule has 0 atom stereocenters. The van der Waals surface area contributed by atoms with Crippen LogP contribution in [0.15, 0.2) is 42.5 Å². The Hall–Kier alpha value is -2.49. The second kappa shape index (κ2) is 8.56. The molecule has 2 aromatic rings. The van der Waals surface area contributed by atoms with Gasteiger partial charge in [0.1, 0.15) is 0 Å². The molecule has 25 heavy (non-hydrogen) atoms. The molecule has 3 rings (SSSR count). The van der Waals surface area contributed by atoms with Crippen molar-refractivity contribution in [3.63, 3.8) is 0 Å². The van der Waals surface area contributed by atoms with Crippen molar-refractivity contribution in [2.24, 2.45) is 0 Å². The number of carbonyl (C=O) groups excluding carboxylic acids is 1. The van der Waals surface area contributed by atoms with E-state index in [1.165, 1.54) is 17.5 Å². The Morgan fingerprint density at radius 3 is 2.60 bits per heavy atom. The Morgan fingerprint density at radius 1 is 1.04 bits per heavy atom. The summed E-state index contributed by atoms with van der Waals surface area (Å²) in [6.07, 6.45) is 4.59. The predicted molar refractivity (Wildman–Crippen MR) is 99.4 cm³/mol. The van der Waals surface area contributed by atoms with Crippen LogP contribution >= 0.6 is 0 Å². The molecule has 0 saturated carbocycles. The van der Waals surface area contributed by atoms with E-state index in [1.807, 2.05) is 37.3 Å². The van der Waals surface area contributed by atoms with Crippen LogP contribution in [0.3, 0.4) is 0 Å². The fourth-order valence-electron chi connectivity index (χ4n) is 3.13. The van der Waals surface area contributed by atoms with Crippen LogP contribution in [0.2, 0.25) is 0 Å². The zero-order chi connectivity index (χ0) is 17.5. The summed E-state index contributed by atoms with van der Waals surface area (Å²) in [4.78, 5) is 12.1. The van der Waals surface area contributed by atoms with Crippen LogP contribution in [0.4, 0.5) is 5.69 Å². The zero-order valence-electron chi connectivity index (χ0n) is 14.7. The molecule has 1 aliphatic carbocycles. The fraction of sp³-hybridized carbons (Fsp3) is 0.381. The summed E-state index contributed by atoms with van der Waals surface area (Å²) >= 11 is 0. The van der Waals surface area contributed by atoms with Gasteiger partial charge in [0.05, 0.1) is 13.2 Å². The Labute approximate surface area is 149 Å². The minimum atomic E-state index is 0.0274. The Morgan fingerprint density at radius 2 is 1.80 bits per heavy atom. The molecule has 0 fully saturated rings. The number of para-hydroxylation sites is 2. The molecule has 2 aromatic carbocycles. The molecule has 0 spiro atoms. The highest BCUT2D eigenvalue weighted by Gasteiger charge is 2.12. The monoisotopic (exact) mass is 339 g/mol. The topological polar surface area (TPSA) is 47.6 Å². The second-order valence-corrected chi connectivity index (χ2v) is 6.22. The number of anilines is 1. The van der Waals surface area contributed by atoms with Crippen molar-refractivity contribution in [3.05, 3.63) is 53.6 Å². The highest BCUT2D eigenvalue weighted by molar-refractivity contribution is 5.90. The van der Waals surface area contributed by atoms with Gasteiger partial charge in [0.15, 0.2) is 11.5 Å². The van der Waals surface area contributed by atoms with Crippen LogP contribution in [-0.2, 0) is 17.6 Å². The van der Waals surface area contributed by atoms with Crippen LogP contribution in [0.1, 0.15) is 37.3 Å². The molecule has 0 radical (unpaired) electrons. The van der Waals surface area contributed by atoms with Crippen molar-refractivity contribution >= 4 is 11.6 Å². The molecule has 0 saturated heterocycles. The Kier molecular flexibility index (Phi) is 5.94. The van der Waals surface area contributed by atoms with Gasteiger partial charge in [0.25, 0.3) is 0 Å². The number of rotatable bonds is 8. The van der Waals surface area contributed by atoms with E-state index in [-0.39, 0.29) is 5.91 Å². The first-order chi connectivity index (χ1) is 12.3. The van der Waals surface area contributed by atoms with E-state index in [9.17, 15) is 4.79 Å². The van der Waals surface area contributed by atoms with Gasteiger partial charge in [-0.1, -0.05) is 18.2 Å². The van der Waals surface area contributed by atoms with Gasteiger partial charge in [-0.25, -0.2) is 0 Å². The number of amides is 1. The third-order valence-corrected chi connectivity index (χ3v) is 4.34. The van der Waals surface area contributed by atoms with Gasteiger partial charge in [-0.15, -0.1) is 0 Å². The van der Waals surface area contributed by atoms with E-state index >= 15 is 0 Å². The van der Waals surface area contributed by atoms with Gasteiger partial charge in [-0.3, -0.25) is 4.79 Å². The van der Waals surface area contributed by atoms with Gasteiger partial charge >= 0.3 is 0 Å². The van der Waals surface area contributed by atoms with E-state index in [0.29, 0.717) is 26.1 Å². The third-order valence-electron chi connectivity index (χ3n) is 4.34. The minimum absolute atomic E-state index is 0.0274. The van der Waals surface area contributed by atoms with Gasteiger partial charge in [0, 0.05) is 12.1 Å². The maximum atomic E-state index is 12.1. The van der Waals surface area contributed by atoms with Gasteiger partial charge in [-0.2, -0.15) is 0 Å². The lowest BCUT2D eigenvalue weighted by molar-refractivity contribution is -0.116. The lowest BCUT2D eigenvalue weighted by atomic mass is 10.1. The molecule has 1 amide bonds. The third kappa shape index (κ3) is 4.75. The van der Waals surface area contributed by atoms with Crippen LogP contribution in [-0.4, -0.2) is 19.1 Å². The summed E-state index contributed by atoms with van der Waals surface area (Å²) in [6.45, 7) is 3.03. The van der Waals surface area contributed by atoms with Crippen LogP contribution in [0.5, 0.6) is 11.5 Å².